The molecule has 0 spiro atoms. The molecule has 2 amide bonds. The summed E-state index contributed by atoms with van der Waals surface area (Å²) < 4.78 is 3.22. The molecule has 0 saturated carbocycles. The molecule has 0 aliphatic rings. The van der Waals surface area contributed by atoms with Crippen LogP contribution in [0.2, 0.25) is 0 Å². The van der Waals surface area contributed by atoms with E-state index in [-0.39, 0.29) is 11.8 Å². The van der Waals surface area contributed by atoms with Gasteiger partial charge in [0.25, 0.3) is 11.8 Å². The van der Waals surface area contributed by atoms with Crippen LogP contribution in [0.25, 0.3) is 0 Å². The molecule has 0 atom stereocenters. The number of carbonyl (C=O) groups excluding carboxylic acids is 2. The van der Waals surface area contributed by atoms with E-state index in [9.17, 15) is 9.59 Å². The van der Waals surface area contributed by atoms with Crippen molar-refractivity contribution < 1.29 is 9.59 Å². The summed E-state index contributed by atoms with van der Waals surface area (Å²) in [5.74, 6) is -0.651. The maximum atomic E-state index is 12.8. The largest absolute Gasteiger partial charge is 0.319 e. The average molecular weight is 366 g/mol. The van der Waals surface area contributed by atoms with Gasteiger partial charge in [-0.3, -0.25) is 19.0 Å². The van der Waals surface area contributed by atoms with Gasteiger partial charge in [-0.2, -0.15) is 10.2 Å². The second kappa shape index (κ2) is 7.45. The van der Waals surface area contributed by atoms with Crippen LogP contribution in [0.3, 0.4) is 0 Å². The fourth-order valence-electron chi connectivity index (χ4n) is 2.66. The minimum Gasteiger partial charge on any atom is -0.319 e. The summed E-state index contributed by atoms with van der Waals surface area (Å²) in [5, 5.41) is 13.9. The molecular formula is C19H22N6O2. The first-order chi connectivity index (χ1) is 12.9. The van der Waals surface area contributed by atoms with E-state index in [0.717, 1.165) is 11.3 Å². The van der Waals surface area contributed by atoms with Crippen molar-refractivity contribution in [1.82, 2.24) is 19.6 Å². The Morgan fingerprint density at radius 1 is 0.963 bits per heavy atom. The van der Waals surface area contributed by atoms with Crippen molar-refractivity contribution in [2.24, 2.45) is 7.05 Å². The van der Waals surface area contributed by atoms with Gasteiger partial charge in [-0.05, 0) is 32.9 Å². The zero-order chi connectivity index (χ0) is 19.6. The molecule has 0 saturated heterocycles. The number of anilines is 2. The number of hydrogen-bond acceptors (Lipinski definition) is 4. The van der Waals surface area contributed by atoms with Crippen LogP contribution in [0, 0.1) is 13.8 Å². The molecule has 0 aliphatic carbocycles. The number of hydrogen-bond donors (Lipinski definition) is 2. The Morgan fingerprint density at radius 3 is 2.19 bits per heavy atom. The molecule has 27 heavy (non-hydrogen) atoms. The van der Waals surface area contributed by atoms with E-state index in [1.807, 2.05) is 32.9 Å². The van der Waals surface area contributed by atoms with Crippen molar-refractivity contribution in [2.75, 3.05) is 10.6 Å². The van der Waals surface area contributed by atoms with E-state index in [0.29, 0.717) is 29.2 Å². The highest BCUT2D eigenvalue weighted by Crippen LogP contribution is 2.20. The molecule has 0 unspecified atom stereocenters. The lowest BCUT2D eigenvalue weighted by Gasteiger charge is -2.10. The molecule has 140 valence electrons. The molecule has 8 nitrogen and oxygen atoms in total. The summed E-state index contributed by atoms with van der Waals surface area (Å²) in [4.78, 5) is 25.4. The maximum absolute atomic E-state index is 12.8. The highest BCUT2D eigenvalue weighted by atomic mass is 16.2. The molecule has 3 rings (SSSR count). The van der Waals surface area contributed by atoms with E-state index < -0.39 is 0 Å². The number of rotatable bonds is 5. The van der Waals surface area contributed by atoms with Gasteiger partial charge in [-0.1, -0.05) is 17.7 Å². The molecular weight excluding hydrogens is 344 g/mol. The second-order valence-electron chi connectivity index (χ2n) is 6.26. The lowest BCUT2D eigenvalue weighted by molar-refractivity contribution is 0.101. The average Bonchev–Trinajstić information content (AvgIpc) is 3.20. The van der Waals surface area contributed by atoms with Gasteiger partial charge in [0, 0.05) is 19.2 Å². The monoisotopic (exact) mass is 366 g/mol. The van der Waals surface area contributed by atoms with Crippen LogP contribution >= 0.6 is 0 Å². The molecule has 2 aromatic heterocycles. The Hall–Kier alpha value is -3.42. The fraction of sp³-hybridized carbons (Fsp3) is 0.263. The van der Waals surface area contributed by atoms with E-state index in [4.69, 9.17) is 0 Å². The van der Waals surface area contributed by atoms with Gasteiger partial charge in [-0.15, -0.1) is 0 Å². The Kier molecular flexibility index (Phi) is 5.07. The van der Waals surface area contributed by atoms with Gasteiger partial charge in [0.15, 0.2) is 0 Å². The SMILES string of the molecule is CCn1ncc(NC(=O)c2ccc(C)cc2)c1C(=O)Nc1cnn(C)c1C. The van der Waals surface area contributed by atoms with Crippen molar-refractivity contribution in [3.05, 3.63) is 59.2 Å². The normalized spacial score (nSPS) is 10.7. The Labute approximate surface area is 157 Å². The zero-order valence-electron chi connectivity index (χ0n) is 15.8. The van der Waals surface area contributed by atoms with Crippen LogP contribution in [0.4, 0.5) is 11.4 Å². The van der Waals surface area contributed by atoms with Gasteiger partial charge in [0.1, 0.15) is 5.69 Å². The van der Waals surface area contributed by atoms with Crippen LogP contribution in [-0.4, -0.2) is 31.4 Å². The zero-order valence-corrected chi connectivity index (χ0v) is 15.8. The Morgan fingerprint density at radius 2 is 1.59 bits per heavy atom. The van der Waals surface area contributed by atoms with Gasteiger partial charge in [-0.25, -0.2) is 0 Å². The molecule has 2 heterocycles. The number of benzene rings is 1. The standard InChI is InChI=1S/C19H22N6O2/c1-5-25-17(19(27)22-15-10-20-24(4)13(15)3)16(11-21-25)23-18(26)14-8-6-12(2)7-9-14/h6-11H,5H2,1-4H3,(H,22,27)(H,23,26). The molecule has 3 aromatic rings. The first-order valence-corrected chi connectivity index (χ1v) is 8.64. The molecule has 0 aliphatic heterocycles. The smallest absolute Gasteiger partial charge is 0.276 e. The summed E-state index contributed by atoms with van der Waals surface area (Å²) in [6, 6.07) is 7.22. The number of nitrogens with one attached hydrogen (secondary N) is 2. The number of aromatic nitrogens is 4. The van der Waals surface area contributed by atoms with Crippen LogP contribution in [0.15, 0.2) is 36.7 Å². The maximum Gasteiger partial charge on any atom is 0.276 e. The van der Waals surface area contributed by atoms with Crippen LogP contribution in [0.5, 0.6) is 0 Å². The Bertz CT molecular complexity index is 984. The van der Waals surface area contributed by atoms with E-state index in [1.165, 1.54) is 6.20 Å². The van der Waals surface area contributed by atoms with Crippen molar-refractivity contribution in [3.63, 3.8) is 0 Å². The van der Waals surface area contributed by atoms with Crippen molar-refractivity contribution in [2.45, 2.75) is 27.3 Å². The molecule has 0 radical (unpaired) electrons. The lowest BCUT2D eigenvalue weighted by Crippen LogP contribution is -2.21. The minimum absolute atomic E-state index is 0.293. The summed E-state index contributed by atoms with van der Waals surface area (Å²) in [7, 11) is 1.80. The highest BCUT2D eigenvalue weighted by Gasteiger charge is 2.21. The number of amides is 2. The van der Waals surface area contributed by atoms with Crippen LogP contribution < -0.4 is 10.6 Å². The Balaban J connectivity index is 1.86. The molecule has 1 aromatic carbocycles. The third-order valence-corrected chi connectivity index (χ3v) is 4.40. The first kappa shape index (κ1) is 18.4. The molecule has 0 bridgehead atoms. The van der Waals surface area contributed by atoms with Crippen molar-refractivity contribution in [1.29, 1.82) is 0 Å². The fourth-order valence-corrected chi connectivity index (χ4v) is 2.66. The van der Waals surface area contributed by atoms with Crippen LogP contribution in [0.1, 0.15) is 39.0 Å². The first-order valence-electron chi connectivity index (χ1n) is 8.64. The highest BCUT2D eigenvalue weighted by molar-refractivity contribution is 6.11. The predicted molar refractivity (Wildman–Crippen MR) is 103 cm³/mol. The third kappa shape index (κ3) is 3.74. The predicted octanol–water partition coefficient (Wildman–Crippen LogP) is 2.76. The molecule has 2 N–H and O–H groups in total. The van der Waals surface area contributed by atoms with Gasteiger partial charge >= 0.3 is 0 Å². The number of carbonyl (C=O) groups is 2. The molecule has 0 fully saturated rings. The van der Waals surface area contributed by atoms with Gasteiger partial charge < -0.3 is 10.6 Å². The number of nitrogens with zero attached hydrogens (tertiary/aromatic N) is 4. The van der Waals surface area contributed by atoms with Crippen LogP contribution in [-0.2, 0) is 13.6 Å². The topological polar surface area (TPSA) is 93.8 Å². The number of aryl methyl sites for hydroxylation is 3. The minimum atomic E-state index is -0.357. The van der Waals surface area contributed by atoms with E-state index in [1.54, 1.807) is 34.7 Å². The summed E-state index contributed by atoms with van der Waals surface area (Å²) in [6.45, 7) is 6.19. The van der Waals surface area contributed by atoms with Gasteiger partial charge in [0.2, 0.25) is 0 Å². The third-order valence-electron chi connectivity index (χ3n) is 4.40. The van der Waals surface area contributed by atoms with Crippen molar-refractivity contribution >= 4 is 23.2 Å². The van der Waals surface area contributed by atoms with Gasteiger partial charge in [0.05, 0.1) is 29.5 Å². The quantitative estimate of drug-likeness (QED) is 0.726. The summed E-state index contributed by atoms with van der Waals surface area (Å²) >= 11 is 0. The lowest BCUT2D eigenvalue weighted by atomic mass is 10.1. The van der Waals surface area contributed by atoms with E-state index in [2.05, 4.69) is 20.8 Å². The summed E-state index contributed by atoms with van der Waals surface area (Å²) in [6.07, 6.45) is 3.07. The van der Waals surface area contributed by atoms with E-state index >= 15 is 0 Å². The molecule has 8 heteroatoms. The second-order valence-corrected chi connectivity index (χ2v) is 6.26. The van der Waals surface area contributed by atoms with Crippen molar-refractivity contribution in [3.8, 4) is 0 Å². The summed E-state index contributed by atoms with van der Waals surface area (Å²) in [5.41, 5.74) is 3.68.